The second kappa shape index (κ2) is 7.30. The summed E-state index contributed by atoms with van der Waals surface area (Å²) in [6.07, 6.45) is 6.11. The molecule has 0 radical (unpaired) electrons. The Morgan fingerprint density at radius 3 is 2.64 bits per heavy atom. The standard InChI is InChI=1S/C21H30N4/c1-23-13-15-24(16-14-23)11-6-12-25-19-9-4-2-7-17(19)21(22)18-8-3-5-10-20(18)25/h2,4,7,9,22H,3,5-6,8,10-16H2,1H3/p+1. The van der Waals surface area contributed by atoms with E-state index in [4.69, 9.17) is 5.73 Å². The van der Waals surface area contributed by atoms with E-state index in [1.807, 2.05) is 0 Å². The number of pyridine rings is 1. The van der Waals surface area contributed by atoms with Crippen LogP contribution in [0.15, 0.2) is 24.3 Å². The van der Waals surface area contributed by atoms with Crippen molar-refractivity contribution in [2.75, 3.05) is 45.5 Å². The number of rotatable bonds is 4. The molecule has 0 spiro atoms. The van der Waals surface area contributed by atoms with Gasteiger partial charge in [0.05, 0.1) is 11.1 Å². The van der Waals surface area contributed by atoms with Gasteiger partial charge in [-0.1, -0.05) is 12.1 Å². The molecule has 25 heavy (non-hydrogen) atoms. The molecule has 0 amide bonds. The summed E-state index contributed by atoms with van der Waals surface area (Å²) in [7, 11) is 2.22. The molecule has 1 aliphatic carbocycles. The molecule has 2 aliphatic rings. The monoisotopic (exact) mass is 339 g/mol. The van der Waals surface area contributed by atoms with Crippen LogP contribution in [0.4, 0.5) is 5.69 Å². The van der Waals surface area contributed by atoms with Crippen molar-refractivity contribution in [3.8, 4) is 0 Å². The van der Waals surface area contributed by atoms with E-state index < -0.39 is 0 Å². The van der Waals surface area contributed by atoms with Gasteiger partial charge in [0.1, 0.15) is 0 Å². The fourth-order valence-corrected chi connectivity index (χ4v) is 4.50. The number of fused-ring (bicyclic) bond motifs is 2. The van der Waals surface area contributed by atoms with E-state index in [1.165, 1.54) is 80.6 Å². The zero-order chi connectivity index (χ0) is 17.2. The number of likely N-dealkylation sites (N-methyl/N-ethyl adjacent to an activating group) is 1. The molecule has 0 unspecified atom stereocenters. The lowest BCUT2D eigenvalue weighted by Gasteiger charge is -2.32. The Kier molecular flexibility index (Phi) is 4.91. The van der Waals surface area contributed by atoms with E-state index in [2.05, 4.69) is 45.7 Å². The Morgan fingerprint density at radius 1 is 1.04 bits per heavy atom. The van der Waals surface area contributed by atoms with Crippen LogP contribution in [0.3, 0.4) is 0 Å². The van der Waals surface area contributed by atoms with E-state index in [9.17, 15) is 0 Å². The number of nitrogens with zero attached hydrogens (tertiary/aromatic N) is 3. The number of aromatic nitrogens is 1. The van der Waals surface area contributed by atoms with Crippen molar-refractivity contribution in [1.29, 1.82) is 0 Å². The maximum absolute atomic E-state index is 6.54. The third-order valence-electron chi connectivity index (χ3n) is 6.03. The summed E-state index contributed by atoms with van der Waals surface area (Å²) in [6.45, 7) is 7.13. The first-order valence-corrected chi connectivity index (χ1v) is 9.86. The maximum Gasteiger partial charge on any atom is 0.214 e. The molecule has 1 aliphatic heterocycles. The molecular weight excluding hydrogens is 308 g/mol. The van der Waals surface area contributed by atoms with Crippen LogP contribution in [0.5, 0.6) is 0 Å². The van der Waals surface area contributed by atoms with Gasteiger partial charge in [-0.15, -0.1) is 0 Å². The maximum atomic E-state index is 6.54. The third-order valence-corrected chi connectivity index (χ3v) is 6.03. The van der Waals surface area contributed by atoms with Crippen LogP contribution in [-0.2, 0) is 19.4 Å². The minimum Gasteiger partial charge on any atom is -0.398 e. The Bertz CT molecular complexity index is 747. The summed E-state index contributed by atoms with van der Waals surface area (Å²) in [5.41, 5.74) is 11.8. The van der Waals surface area contributed by atoms with Gasteiger partial charge in [-0.2, -0.15) is 4.57 Å². The first kappa shape index (κ1) is 16.8. The van der Waals surface area contributed by atoms with Gasteiger partial charge < -0.3 is 15.5 Å². The number of anilines is 1. The van der Waals surface area contributed by atoms with Crippen LogP contribution in [0.25, 0.3) is 10.9 Å². The fraction of sp³-hybridized carbons (Fsp3) is 0.571. The SMILES string of the molecule is CN1CCN(CCC[n+]2c3c(c(N)c4ccccc42)CCCC3)CC1. The second-order valence-electron chi connectivity index (χ2n) is 7.71. The highest BCUT2D eigenvalue weighted by atomic mass is 15.2. The van der Waals surface area contributed by atoms with Crippen LogP contribution < -0.4 is 10.3 Å². The third kappa shape index (κ3) is 3.38. The van der Waals surface area contributed by atoms with Crippen LogP contribution in [0.2, 0.25) is 0 Å². The molecule has 134 valence electrons. The number of nitrogens with two attached hydrogens (primary N) is 1. The first-order chi connectivity index (χ1) is 12.2. The molecule has 4 rings (SSSR count). The smallest absolute Gasteiger partial charge is 0.214 e. The first-order valence-electron chi connectivity index (χ1n) is 9.86. The van der Waals surface area contributed by atoms with Crippen molar-refractivity contribution in [2.24, 2.45) is 0 Å². The molecule has 0 atom stereocenters. The number of para-hydroxylation sites is 1. The van der Waals surface area contributed by atoms with Crippen LogP contribution >= 0.6 is 0 Å². The zero-order valence-corrected chi connectivity index (χ0v) is 15.5. The van der Waals surface area contributed by atoms with E-state index >= 15 is 0 Å². The van der Waals surface area contributed by atoms with Gasteiger partial charge >= 0.3 is 0 Å². The Hall–Kier alpha value is -1.65. The highest BCUT2D eigenvalue weighted by Gasteiger charge is 2.26. The van der Waals surface area contributed by atoms with Gasteiger partial charge in [0.15, 0.2) is 12.2 Å². The predicted molar refractivity (Wildman–Crippen MR) is 104 cm³/mol. The number of nitrogen functional groups attached to an aromatic ring is 1. The van der Waals surface area contributed by atoms with Crippen LogP contribution in [-0.4, -0.2) is 49.6 Å². The summed E-state index contributed by atoms with van der Waals surface area (Å²) in [6, 6.07) is 8.70. The molecule has 1 aromatic heterocycles. The van der Waals surface area contributed by atoms with Crippen molar-refractivity contribution in [3.05, 3.63) is 35.5 Å². The lowest BCUT2D eigenvalue weighted by molar-refractivity contribution is -0.679. The van der Waals surface area contributed by atoms with Crippen molar-refractivity contribution < 1.29 is 4.57 Å². The minimum absolute atomic E-state index is 1.03. The largest absolute Gasteiger partial charge is 0.398 e. The molecular formula is C21H31N4+. The summed E-state index contributed by atoms with van der Waals surface area (Å²) in [5, 5.41) is 1.24. The van der Waals surface area contributed by atoms with Crippen molar-refractivity contribution in [1.82, 2.24) is 9.80 Å². The van der Waals surface area contributed by atoms with Crippen LogP contribution in [0.1, 0.15) is 30.5 Å². The predicted octanol–water partition coefficient (Wildman–Crippen LogP) is 2.23. The highest BCUT2D eigenvalue weighted by Crippen LogP contribution is 2.30. The average Bonchev–Trinajstić information content (AvgIpc) is 2.66. The van der Waals surface area contributed by atoms with Gasteiger partial charge in [0, 0.05) is 57.2 Å². The molecule has 2 aromatic rings. The highest BCUT2D eigenvalue weighted by molar-refractivity contribution is 5.89. The van der Waals surface area contributed by atoms with Gasteiger partial charge in [0.2, 0.25) is 5.52 Å². The Morgan fingerprint density at radius 2 is 1.80 bits per heavy atom. The number of benzene rings is 1. The van der Waals surface area contributed by atoms with Gasteiger partial charge in [-0.05, 0) is 32.4 Å². The Labute approximate surface area is 151 Å². The number of hydrogen-bond acceptors (Lipinski definition) is 3. The summed E-state index contributed by atoms with van der Waals surface area (Å²) < 4.78 is 2.58. The van der Waals surface area contributed by atoms with Gasteiger partial charge in [-0.25, -0.2) is 0 Å². The molecule has 1 fully saturated rings. The average molecular weight is 340 g/mol. The van der Waals surface area contributed by atoms with Crippen LogP contribution in [0, 0.1) is 0 Å². The lowest BCUT2D eigenvalue weighted by Crippen LogP contribution is -2.46. The summed E-state index contributed by atoms with van der Waals surface area (Å²) in [5.74, 6) is 0. The number of aryl methyl sites for hydroxylation is 1. The zero-order valence-electron chi connectivity index (χ0n) is 15.5. The second-order valence-corrected chi connectivity index (χ2v) is 7.71. The molecule has 0 saturated carbocycles. The molecule has 0 bridgehead atoms. The molecule has 4 nitrogen and oxygen atoms in total. The topological polar surface area (TPSA) is 36.4 Å². The summed E-state index contributed by atoms with van der Waals surface area (Å²) in [4.78, 5) is 5.04. The minimum atomic E-state index is 1.03. The molecule has 2 heterocycles. The molecule has 4 heteroatoms. The lowest BCUT2D eigenvalue weighted by atomic mass is 9.92. The fourth-order valence-electron chi connectivity index (χ4n) is 4.50. The molecule has 1 aromatic carbocycles. The van der Waals surface area contributed by atoms with E-state index in [-0.39, 0.29) is 0 Å². The molecule has 2 N–H and O–H groups in total. The van der Waals surface area contributed by atoms with E-state index in [0.717, 1.165) is 18.7 Å². The van der Waals surface area contributed by atoms with Gasteiger partial charge in [-0.3, -0.25) is 0 Å². The van der Waals surface area contributed by atoms with Gasteiger partial charge in [0.25, 0.3) is 0 Å². The van der Waals surface area contributed by atoms with Crippen molar-refractivity contribution in [3.63, 3.8) is 0 Å². The number of hydrogen-bond donors (Lipinski definition) is 1. The Balaban J connectivity index is 1.57. The quantitative estimate of drug-likeness (QED) is 0.868. The van der Waals surface area contributed by atoms with E-state index in [0.29, 0.717) is 0 Å². The van der Waals surface area contributed by atoms with Crippen molar-refractivity contribution in [2.45, 2.75) is 38.6 Å². The molecule has 1 saturated heterocycles. The van der Waals surface area contributed by atoms with E-state index in [1.54, 1.807) is 0 Å². The van der Waals surface area contributed by atoms with Crippen molar-refractivity contribution >= 4 is 16.6 Å². The number of piperazine rings is 1. The summed E-state index contributed by atoms with van der Waals surface area (Å²) >= 11 is 0. The normalized spacial score (nSPS) is 19.2.